The van der Waals surface area contributed by atoms with Crippen molar-refractivity contribution in [2.24, 2.45) is 0 Å². The van der Waals surface area contributed by atoms with Crippen LogP contribution in [0.3, 0.4) is 0 Å². The minimum Gasteiger partial charge on any atom is -0.378 e. The van der Waals surface area contributed by atoms with E-state index >= 15 is 0 Å². The van der Waals surface area contributed by atoms with Gasteiger partial charge in [-0.05, 0) is 43.2 Å². The number of likely N-dealkylation sites (tertiary alicyclic amines) is 1. The number of carbonyl (C=O) groups is 1. The minimum absolute atomic E-state index is 0.0178. The third kappa shape index (κ3) is 3.95. The van der Waals surface area contributed by atoms with Gasteiger partial charge < -0.3 is 9.64 Å². The van der Waals surface area contributed by atoms with Crippen LogP contribution in [0.15, 0.2) is 36.0 Å². The average Bonchev–Trinajstić information content (AvgIpc) is 3.44. The van der Waals surface area contributed by atoms with E-state index in [4.69, 9.17) is 4.74 Å². The van der Waals surface area contributed by atoms with Crippen LogP contribution in [0.2, 0.25) is 0 Å². The molecule has 1 amide bonds. The second kappa shape index (κ2) is 8.84. The highest BCUT2D eigenvalue weighted by atomic mass is 32.1. The van der Waals surface area contributed by atoms with Crippen molar-refractivity contribution in [2.75, 3.05) is 13.7 Å². The highest BCUT2D eigenvalue weighted by molar-refractivity contribution is 7.13. The van der Waals surface area contributed by atoms with E-state index in [2.05, 4.69) is 22.0 Å². The molecule has 1 fully saturated rings. The lowest BCUT2D eigenvalue weighted by atomic mass is 9.99. The molecule has 8 heteroatoms. The normalized spacial score (nSPS) is 16.9. The Labute approximate surface area is 174 Å². The Bertz CT molecular complexity index is 969. The van der Waals surface area contributed by atoms with Gasteiger partial charge in [0.1, 0.15) is 0 Å². The predicted molar refractivity (Wildman–Crippen MR) is 112 cm³/mol. The summed E-state index contributed by atoms with van der Waals surface area (Å²) < 4.78 is 7.02. The standard InChI is InChI=1S/C21H25N5O2S/c1-3-15-7-4-5-11-25(15)20(27)16-13-23-26(18(16)14-28-2)21-22-10-9-17(24-21)19-8-6-12-29-19/h6,8-10,12-13,15H,3-5,7,11,14H2,1-2H3/t15-/m1/s1. The zero-order chi connectivity index (χ0) is 20.2. The number of hydrogen-bond acceptors (Lipinski definition) is 6. The monoisotopic (exact) mass is 411 g/mol. The predicted octanol–water partition coefficient (Wildman–Crippen LogP) is 3.94. The summed E-state index contributed by atoms with van der Waals surface area (Å²) in [6, 6.07) is 6.17. The maximum Gasteiger partial charge on any atom is 0.257 e. The zero-order valence-corrected chi connectivity index (χ0v) is 17.6. The lowest BCUT2D eigenvalue weighted by molar-refractivity contribution is 0.0603. The number of carbonyl (C=O) groups excluding carboxylic acids is 1. The molecule has 1 saturated heterocycles. The Hall–Kier alpha value is -2.58. The van der Waals surface area contributed by atoms with Crippen LogP contribution in [-0.4, -0.2) is 50.3 Å². The van der Waals surface area contributed by atoms with Gasteiger partial charge in [0.05, 0.1) is 34.6 Å². The fourth-order valence-corrected chi connectivity index (χ4v) is 4.55. The summed E-state index contributed by atoms with van der Waals surface area (Å²) in [6.45, 7) is 3.19. The number of ether oxygens (including phenoxy) is 1. The van der Waals surface area contributed by atoms with Gasteiger partial charge in [0.2, 0.25) is 0 Å². The first kappa shape index (κ1) is 19.7. The molecule has 0 aromatic carbocycles. The van der Waals surface area contributed by atoms with Gasteiger partial charge in [0.25, 0.3) is 11.9 Å². The smallest absolute Gasteiger partial charge is 0.257 e. The van der Waals surface area contributed by atoms with E-state index in [1.165, 1.54) is 6.42 Å². The zero-order valence-electron chi connectivity index (χ0n) is 16.7. The second-order valence-electron chi connectivity index (χ2n) is 7.13. The van der Waals surface area contributed by atoms with E-state index in [-0.39, 0.29) is 18.6 Å². The lowest BCUT2D eigenvalue weighted by Crippen LogP contribution is -2.43. The summed E-state index contributed by atoms with van der Waals surface area (Å²) in [6.07, 6.45) is 7.58. The van der Waals surface area contributed by atoms with E-state index in [0.717, 1.165) is 36.4 Å². The highest BCUT2D eigenvalue weighted by Crippen LogP contribution is 2.25. The molecule has 0 unspecified atom stereocenters. The van der Waals surface area contributed by atoms with E-state index in [9.17, 15) is 4.79 Å². The molecule has 3 aromatic heterocycles. The number of piperidine rings is 1. The number of rotatable bonds is 6. The van der Waals surface area contributed by atoms with Gasteiger partial charge in [-0.1, -0.05) is 13.0 Å². The van der Waals surface area contributed by atoms with Crippen molar-refractivity contribution in [1.82, 2.24) is 24.6 Å². The topological polar surface area (TPSA) is 73.1 Å². The Morgan fingerprint density at radius 2 is 2.24 bits per heavy atom. The highest BCUT2D eigenvalue weighted by Gasteiger charge is 2.30. The van der Waals surface area contributed by atoms with E-state index < -0.39 is 0 Å². The Kier molecular flexibility index (Phi) is 6.01. The van der Waals surface area contributed by atoms with Crippen LogP contribution in [0, 0.1) is 0 Å². The number of aromatic nitrogens is 4. The van der Waals surface area contributed by atoms with E-state index in [0.29, 0.717) is 17.2 Å². The molecular formula is C21H25N5O2S. The van der Waals surface area contributed by atoms with Crippen molar-refractivity contribution in [3.05, 3.63) is 47.2 Å². The number of methoxy groups -OCH3 is 1. The first-order valence-electron chi connectivity index (χ1n) is 9.97. The molecular weight excluding hydrogens is 386 g/mol. The summed E-state index contributed by atoms with van der Waals surface area (Å²) in [7, 11) is 1.62. The van der Waals surface area contributed by atoms with E-state index in [1.807, 2.05) is 28.5 Å². The molecule has 3 aromatic rings. The molecule has 1 aliphatic heterocycles. The van der Waals surface area contributed by atoms with Gasteiger partial charge >= 0.3 is 0 Å². The molecule has 4 rings (SSSR count). The Morgan fingerprint density at radius 1 is 1.34 bits per heavy atom. The maximum absolute atomic E-state index is 13.3. The molecule has 1 atom stereocenters. The molecule has 4 heterocycles. The molecule has 0 radical (unpaired) electrons. The van der Waals surface area contributed by atoms with Crippen molar-refractivity contribution in [1.29, 1.82) is 0 Å². The molecule has 0 N–H and O–H groups in total. The minimum atomic E-state index is 0.0178. The van der Waals surface area contributed by atoms with Crippen LogP contribution in [0.4, 0.5) is 0 Å². The van der Waals surface area contributed by atoms with Crippen LogP contribution in [0.25, 0.3) is 16.5 Å². The maximum atomic E-state index is 13.3. The molecule has 29 heavy (non-hydrogen) atoms. The molecule has 152 valence electrons. The van der Waals surface area contributed by atoms with E-state index in [1.54, 1.807) is 35.5 Å². The van der Waals surface area contributed by atoms with Gasteiger partial charge in [-0.15, -0.1) is 11.3 Å². The van der Waals surface area contributed by atoms with Crippen molar-refractivity contribution in [2.45, 2.75) is 45.3 Å². The van der Waals surface area contributed by atoms with Gasteiger partial charge in [-0.2, -0.15) is 9.78 Å². The third-order valence-corrected chi connectivity index (χ3v) is 6.24. The SMILES string of the molecule is CC[C@@H]1CCCCN1C(=O)c1cnn(-c2nccc(-c3cccs3)n2)c1COC. The Balaban J connectivity index is 1.70. The summed E-state index contributed by atoms with van der Waals surface area (Å²) in [5.74, 6) is 0.456. The molecule has 1 aliphatic rings. The van der Waals surface area contributed by atoms with Gasteiger partial charge in [-0.25, -0.2) is 9.97 Å². The van der Waals surface area contributed by atoms with Crippen molar-refractivity contribution in [3.8, 4) is 16.5 Å². The largest absolute Gasteiger partial charge is 0.378 e. The number of thiophene rings is 1. The van der Waals surface area contributed by atoms with Crippen molar-refractivity contribution in [3.63, 3.8) is 0 Å². The second-order valence-corrected chi connectivity index (χ2v) is 8.07. The first-order chi connectivity index (χ1) is 14.2. The summed E-state index contributed by atoms with van der Waals surface area (Å²) >= 11 is 1.62. The van der Waals surface area contributed by atoms with Crippen molar-refractivity contribution >= 4 is 17.2 Å². The molecule has 7 nitrogen and oxygen atoms in total. The summed E-state index contributed by atoms with van der Waals surface area (Å²) in [4.78, 5) is 25.4. The lowest BCUT2D eigenvalue weighted by Gasteiger charge is -2.35. The van der Waals surface area contributed by atoms with Crippen LogP contribution in [0.1, 0.15) is 48.7 Å². The average molecular weight is 412 g/mol. The Morgan fingerprint density at radius 3 is 3.00 bits per heavy atom. The van der Waals surface area contributed by atoms with Gasteiger partial charge in [-0.3, -0.25) is 4.79 Å². The quantitative estimate of drug-likeness (QED) is 0.614. The van der Waals surface area contributed by atoms with Crippen molar-refractivity contribution < 1.29 is 9.53 Å². The van der Waals surface area contributed by atoms with Crippen LogP contribution < -0.4 is 0 Å². The molecule has 0 aliphatic carbocycles. The van der Waals surface area contributed by atoms with Crippen LogP contribution in [0.5, 0.6) is 0 Å². The van der Waals surface area contributed by atoms with Crippen LogP contribution >= 0.6 is 11.3 Å². The summed E-state index contributed by atoms with van der Waals surface area (Å²) in [5.41, 5.74) is 2.08. The number of nitrogens with zero attached hydrogens (tertiary/aromatic N) is 5. The fraction of sp³-hybridized carbons (Fsp3) is 0.429. The van der Waals surface area contributed by atoms with Crippen LogP contribution in [-0.2, 0) is 11.3 Å². The molecule has 0 spiro atoms. The van der Waals surface area contributed by atoms with Gasteiger partial charge in [0, 0.05) is 25.9 Å². The number of hydrogen-bond donors (Lipinski definition) is 0. The first-order valence-corrected chi connectivity index (χ1v) is 10.8. The summed E-state index contributed by atoms with van der Waals surface area (Å²) in [5, 5.41) is 6.48. The van der Waals surface area contributed by atoms with Gasteiger partial charge in [0.15, 0.2) is 0 Å². The molecule has 0 bridgehead atoms. The number of amides is 1. The molecule has 0 saturated carbocycles. The third-order valence-electron chi connectivity index (χ3n) is 5.35. The fourth-order valence-electron chi connectivity index (χ4n) is 3.86.